The second kappa shape index (κ2) is 12.5. The van der Waals surface area contributed by atoms with Crippen LogP contribution in [0.25, 0.3) is 66.2 Å². The number of hydrogen-bond donors (Lipinski definition) is 1. The number of aromatic nitrogens is 3. The molecule has 0 aliphatic carbocycles. The predicted octanol–water partition coefficient (Wildman–Crippen LogP) is 10.6. The van der Waals surface area contributed by atoms with Crippen molar-refractivity contribution < 1.29 is 4.42 Å². The zero-order chi connectivity index (χ0) is 33.4. The van der Waals surface area contributed by atoms with Crippen LogP contribution in [-0.4, -0.2) is 20.8 Å². The molecule has 6 nitrogen and oxygen atoms in total. The highest BCUT2D eigenvalue weighted by Gasteiger charge is 2.19. The van der Waals surface area contributed by atoms with Gasteiger partial charge in [0.25, 0.3) is 0 Å². The second-order valence-electron chi connectivity index (χ2n) is 12.1. The number of benzene rings is 6. The minimum Gasteiger partial charge on any atom is -0.456 e. The molecule has 0 amide bonds. The Bertz CT molecular complexity index is 2620. The Morgan fingerprint density at radius 3 is 1.96 bits per heavy atom. The summed E-state index contributed by atoms with van der Waals surface area (Å²) < 4.78 is 7.59. The number of aliphatic imine (C=N–C) groups is 1. The van der Waals surface area contributed by atoms with Gasteiger partial charge < -0.3 is 10.2 Å². The number of hydrogen-bond acceptors (Lipinski definition) is 6. The smallest absolute Gasteiger partial charge is 0.164 e. The summed E-state index contributed by atoms with van der Waals surface area (Å²) in [6.45, 7) is 0. The van der Waals surface area contributed by atoms with Crippen LogP contribution in [-0.2, 0) is 6.42 Å². The Kier molecular flexibility index (Phi) is 7.44. The number of nitrogens with two attached hydrogens (primary N) is 1. The molecule has 0 radical (unpaired) electrons. The minimum absolute atomic E-state index is 0.499. The van der Waals surface area contributed by atoms with E-state index < -0.39 is 0 Å². The highest BCUT2D eigenvalue weighted by molar-refractivity contribution is 7.19. The number of nitrogens with zero attached hydrogens (tertiary/aromatic N) is 4. The van der Waals surface area contributed by atoms with Crippen LogP contribution >= 0.6 is 11.3 Å². The molecule has 9 aromatic rings. The van der Waals surface area contributed by atoms with Gasteiger partial charge in [0.05, 0.1) is 5.69 Å². The van der Waals surface area contributed by atoms with Gasteiger partial charge in [-0.05, 0) is 29.8 Å². The largest absolute Gasteiger partial charge is 0.456 e. The zero-order valence-electron chi connectivity index (χ0n) is 26.8. The van der Waals surface area contributed by atoms with Crippen LogP contribution in [0.4, 0.5) is 5.69 Å². The van der Waals surface area contributed by atoms with Gasteiger partial charge in [-0.1, -0.05) is 127 Å². The topological polar surface area (TPSA) is 90.2 Å². The van der Waals surface area contributed by atoms with Crippen molar-refractivity contribution in [3.63, 3.8) is 0 Å². The Hall–Kier alpha value is -6.44. The molecule has 0 unspecified atom stereocenters. The fraction of sp³-hybridized carbons (Fsp3) is 0.0233. The summed E-state index contributed by atoms with van der Waals surface area (Å²) in [6.07, 6.45) is 0.688. The Labute approximate surface area is 292 Å². The molecule has 0 bridgehead atoms. The number of furan rings is 1. The molecule has 0 saturated carbocycles. The summed E-state index contributed by atoms with van der Waals surface area (Å²) in [5.74, 6) is 2.33. The van der Waals surface area contributed by atoms with Crippen molar-refractivity contribution in [2.24, 2.45) is 10.7 Å². The average Bonchev–Trinajstić information content (AvgIpc) is 3.73. The van der Waals surface area contributed by atoms with E-state index in [1.165, 1.54) is 4.70 Å². The fourth-order valence-corrected chi connectivity index (χ4v) is 7.58. The lowest BCUT2D eigenvalue weighted by Crippen LogP contribution is -2.12. The van der Waals surface area contributed by atoms with Crippen molar-refractivity contribution in [3.8, 4) is 34.2 Å². The highest BCUT2D eigenvalue weighted by atomic mass is 32.1. The average molecular weight is 664 g/mol. The Morgan fingerprint density at radius 2 is 1.24 bits per heavy atom. The minimum atomic E-state index is 0.499. The van der Waals surface area contributed by atoms with Crippen molar-refractivity contribution in [1.82, 2.24) is 15.0 Å². The highest BCUT2D eigenvalue weighted by Crippen LogP contribution is 2.41. The van der Waals surface area contributed by atoms with Crippen LogP contribution < -0.4 is 5.73 Å². The number of rotatable bonds is 7. The molecule has 0 saturated heterocycles. The molecule has 3 aromatic heterocycles. The van der Waals surface area contributed by atoms with E-state index in [1.807, 2.05) is 103 Å². The van der Waals surface area contributed by atoms with E-state index in [0.29, 0.717) is 29.7 Å². The normalized spacial score (nSPS) is 11.9. The van der Waals surface area contributed by atoms with Gasteiger partial charge in [0.2, 0.25) is 0 Å². The summed E-state index contributed by atoms with van der Waals surface area (Å²) >= 11 is 1.75. The third-order valence-electron chi connectivity index (χ3n) is 8.81. The van der Waals surface area contributed by atoms with Crippen molar-refractivity contribution in [3.05, 3.63) is 168 Å². The SMILES string of the molecule is NC(=Nc1c(Cc2ccc3oc4cccc(-c5nc(-c6ccccc6)nc(-c6ccccc6)n5)c4c3c2)sc2ccccc12)c1ccccc1. The van der Waals surface area contributed by atoms with Gasteiger partial charge in [-0.25, -0.2) is 19.9 Å². The molecular formula is C43H29N5OS. The third-order valence-corrected chi connectivity index (χ3v) is 9.97. The zero-order valence-corrected chi connectivity index (χ0v) is 27.6. The van der Waals surface area contributed by atoms with Gasteiger partial charge in [0.1, 0.15) is 17.0 Å². The summed E-state index contributed by atoms with van der Waals surface area (Å²) in [5.41, 5.74) is 13.8. The van der Waals surface area contributed by atoms with E-state index in [1.54, 1.807) is 11.3 Å². The molecule has 2 N–H and O–H groups in total. The molecule has 0 fully saturated rings. The van der Waals surface area contributed by atoms with Crippen LogP contribution in [0.3, 0.4) is 0 Å². The van der Waals surface area contributed by atoms with Gasteiger partial charge in [-0.15, -0.1) is 11.3 Å². The van der Waals surface area contributed by atoms with E-state index in [0.717, 1.165) is 65.7 Å². The van der Waals surface area contributed by atoms with E-state index in [2.05, 4.69) is 48.5 Å². The predicted molar refractivity (Wildman–Crippen MR) is 205 cm³/mol. The van der Waals surface area contributed by atoms with E-state index in [9.17, 15) is 0 Å². The maximum atomic E-state index is 6.56. The monoisotopic (exact) mass is 663 g/mol. The first-order valence-electron chi connectivity index (χ1n) is 16.4. The molecule has 0 aliphatic heterocycles. The first-order chi connectivity index (χ1) is 24.7. The Morgan fingerprint density at radius 1 is 0.600 bits per heavy atom. The van der Waals surface area contributed by atoms with Crippen molar-refractivity contribution in [1.29, 1.82) is 0 Å². The van der Waals surface area contributed by atoms with E-state index >= 15 is 0 Å². The molecule has 50 heavy (non-hydrogen) atoms. The first-order valence-corrected chi connectivity index (χ1v) is 17.2. The van der Waals surface area contributed by atoms with Gasteiger partial charge in [-0.2, -0.15) is 0 Å². The number of thiophene rings is 1. The summed E-state index contributed by atoms with van der Waals surface area (Å²) in [6, 6.07) is 50.8. The third kappa shape index (κ3) is 5.49. The van der Waals surface area contributed by atoms with Gasteiger partial charge in [0, 0.05) is 54.4 Å². The molecule has 0 aliphatic rings. The molecule has 0 atom stereocenters. The molecule has 6 aromatic carbocycles. The lowest BCUT2D eigenvalue weighted by Gasteiger charge is -2.09. The van der Waals surface area contributed by atoms with Crippen LogP contribution in [0.15, 0.2) is 161 Å². The van der Waals surface area contributed by atoms with Crippen molar-refractivity contribution in [2.75, 3.05) is 0 Å². The molecule has 3 heterocycles. The van der Waals surface area contributed by atoms with Crippen molar-refractivity contribution in [2.45, 2.75) is 6.42 Å². The standard InChI is InChI=1S/C43H29N5OS/c44-40(28-13-4-1-5-14-28)45-39-31-19-10-11-22-36(31)50-37(39)26-27-23-24-34-33(25-27)38-32(20-12-21-35(38)49-34)43-47-41(29-15-6-2-7-16-29)46-42(48-43)30-17-8-3-9-18-30/h1-25H,26H2,(H2,44,45). The molecular weight excluding hydrogens is 635 g/mol. The van der Waals surface area contributed by atoms with E-state index in [4.69, 9.17) is 30.1 Å². The number of amidine groups is 1. The lowest BCUT2D eigenvalue weighted by molar-refractivity contribution is 0.669. The second-order valence-corrected chi connectivity index (χ2v) is 13.2. The van der Waals surface area contributed by atoms with Gasteiger partial charge in [0.15, 0.2) is 17.5 Å². The van der Waals surface area contributed by atoms with Gasteiger partial charge in [-0.3, -0.25) is 0 Å². The number of fused-ring (bicyclic) bond motifs is 4. The summed E-state index contributed by atoms with van der Waals surface area (Å²) in [5, 5.41) is 3.07. The molecule has 7 heteroatoms. The van der Waals surface area contributed by atoms with Crippen molar-refractivity contribution >= 4 is 54.9 Å². The van der Waals surface area contributed by atoms with Crippen LogP contribution in [0.1, 0.15) is 16.0 Å². The quantitative estimate of drug-likeness (QED) is 0.135. The molecule has 238 valence electrons. The van der Waals surface area contributed by atoms with Crippen LogP contribution in [0, 0.1) is 0 Å². The fourth-order valence-electron chi connectivity index (χ4n) is 6.40. The molecule has 9 rings (SSSR count). The summed E-state index contributed by atoms with van der Waals surface area (Å²) in [4.78, 5) is 21.1. The van der Waals surface area contributed by atoms with Gasteiger partial charge >= 0.3 is 0 Å². The maximum absolute atomic E-state index is 6.56. The Balaban J connectivity index is 1.18. The molecule has 0 spiro atoms. The summed E-state index contributed by atoms with van der Waals surface area (Å²) in [7, 11) is 0. The van der Waals surface area contributed by atoms with Crippen LogP contribution in [0.5, 0.6) is 0 Å². The van der Waals surface area contributed by atoms with E-state index in [-0.39, 0.29) is 0 Å². The maximum Gasteiger partial charge on any atom is 0.164 e. The lowest BCUT2D eigenvalue weighted by atomic mass is 10.0. The van der Waals surface area contributed by atoms with Crippen LogP contribution in [0.2, 0.25) is 0 Å². The first kappa shape index (κ1) is 29.7.